The van der Waals surface area contributed by atoms with E-state index in [4.69, 9.17) is 0 Å². The Labute approximate surface area is 157 Å². The summed E-state index contributed by atoms with van der Waals surface area (Å²) < 4.78 is 2.41. The van der Waals surface area contributed by atoms with Crippen molar-refractivity contribution in [1.29, 1.82) is 0 Å². The van der Waals surface area contributed by atoms with Gasteiger partial charge in [0.1, 0.15) is 28.6 Å². The van der Waals surface area contributed by atoms with Crippen LogP contribution in [0, 0.1) is 6.92 Å². The van der Waals surface area contributed by atoms with Gasteiger partial charge in [-0.1, -0.05) is 6.42 Å². The summed E-state index contributed by atoms with van der Waals surface area (Å²) in [5.74, 6) is 3.90. The van der Waals surface area contributed by atoms with E-state index in [0.29, 0.717) is 5.92 Å². The van der Waals surface area contributed by atoms with Gasteiger partial charge < -0.3 is 9.47 Å². The zero-order valence-corrected chi connectivity index (χ0v) is 16.0. The number of nitrogens with zero attached hydrogens (tertiary/aromatic N) is 6. The number of piperidine rings is 1. The van der Waals surface area contributed by atoms with E-state index in [1.165, 1.54) is 54.0 Å². The van der Waals surface area contributed by atoms with Gasteiger partial charge in [0, 0.05) is 36.9 Å². The van der Waals surface area contributed by atoms with Crippen molar-refractivity contribution in [2.75, 3.05) is 18.0 Å². The number of thiophene rings is 1. The molecule has 0 bridgehead atoms. The second-order valence-electron chi connectivity index (χ2n) is 7.50. The molecule has 1 fully saturated rings. The molecule has 0 amide bonds. The summed E-state index contributed by atoms with van der Waals surface area (Å²) in [5.41, 5.74) is 0. The van der Waals surface area contributed by atoms with E-state index in [1.807, 2.05) is 0 Å². The van der Waals surface area contributed by atoms with Gasteiger partial charge in [0.2, 0.25) is 0 Å². The summed E-state index contributed by atoms with van der Waals surface area (Å²) in [7, 11) is 0. The molecule has 5 rings (SSSR count). The van der Waals surface area contributed by atoms with Crippen molar-refractivity contribution >= 4 is 27.4 Å². The molecule has 0 saturated carbocycles. The van der Waals surface area contributed by atoms with E-state index in [-0.39, 0.29) is 0 Å². The van der Waals surface area contributed by atoms with Crippen molar-refractivity contribution < 1.29 is 0 Å². The van der Waals surface area contributed by atoms with Gasteiger partial charge in [-0.2, -0.15) is 0 Å². The first kappa shape index (κ1) is 16.2. The summed E-state index contributed by atoms with van der Waals surface area (Å²) in [6.45, 7) is 5.24. The number of hydrogen-bond donors (Lipinski definition) is 0. The summed E-state index contributed by atoms with van der Waals surface area (Å²) in [4.78, 5) is 13.9. The predicted octanol–water partition coefficient (Wildman–Crippen LogP) is 3.70. The quantitative estimate of drug-likeness (QED) is 0.690. The van der Waals surface area contributed by atoms with Crippen molar-refractivity contribution in [3.63, 3.8) is 0 Å². The van der Waals surface area contributed by atoms with Crippen LogP contribution in [0.3, 0.4) is 0 Å². The number of aryl methyl sites for hydroxylation is 2. The smallest absolute Gasteiger partial charge is 0.140 e. The van der Waals surface area contributed by atoms with Crippen molar-refractivity contribution in [2.24, 2.45) is 0 Å². The van der Waals surface area contributed by atoms with Crippen LogP contribution in [-0.4, -0.2) is 37.8 Å². The Balaban J connectivity index is 1.46. The summed E-state index contributed by atoms with van der Waals surface area (Å²) in [6, 6.07) is 2.22. The fraction of sp³-hybridized carbons (Fsp3) is 0.579. The molecule has 136 valence electrons. The SMILES string of the molecule is Cc1cc2c(N3CCCC(c4nnc5n4CCCCC5)C3)ncnc2s1. The molecule has 0 radical (unpaired) electrons. The van der Waals surface area contributed by atoms with Gasteiger partial charge in [-0.3, -0.25) is 0 Å². The highest BCUT2D eigenvalue weighted by atomic mass is 32.1. The molecule has 6 nitrogen and oxygen atoms in total. The van der Waals surface area contributed by atoms with E-state index in [2.05, 4.69) is 42.6 Å². The number of anilines is 1. The molecule has 26 heavy (non-hydrogen) atoms. The second kappa shape index (κ2) is 6.61. The van der Waals surface area contributed by atoms with Crippen LogP contribution in [-0.2, 0) is 13.0 Å². The van der Waals surface area contributed by atoms with E-state index >= 15 is 0 Å². The van der Waals surface area contributed by atoms with Gasteiger partial charge >= 0.3 is 0 Å². The van der Waals surface area contributed by atoms with Crippen LogP contribution in [0.15, 0.2) is 12.4 Å². The molecular weight excluding hydrogens is 344 g/mol. The summed E-state index contributed by atoms with van der Waals surface area (Å²) >= 11 is 1.75. The monoisotopic (exact) mass is 368 g/mol. The van der Waals surface area contributed by atoms with Crippen LogP contribution in [0.1, 0.15) is 54.5 Å². The lowest BCUT2D eigenvalue weighted by atomic mass is 9.97. The highest BCUT2D eigenvalue weighted by molar-refractivity contribution is 7.18. The highest BCUT2D eigenvalue weighted by Crippen LogP contribution is 2.34. The fourth-order valence-corrected chi connectivity index (χ4v) is 5.25. The number of rotatable bonds is 2. The van der Waals surface area contributed by atoms with E-state index < -0.39 is 0 Å². The average Bonchev–Trinajstić information content (AvgIpc) is 3.16. The third kappa shape index (κ3) is 2.78. The third-order valence-electron chi connectivity index (χ3n) is 5.66. The van der Waals surface area contributed by atoms with E-state index in [9.17, 15) is 0 Å². The molecule has 7 heteroatoms. The van der Waals surface area contributed by atoms with Crippen LogP contribution in [0.4, 0.5) is 5.82 Å². The van der Waals surface area contributed by atoms with Gasteiger partial charge in [0.05, 0.1) is 5.39 Å². The fourth-order valence-electron chi connectivity index (χ4n) is 4.41. The lowest BCUT2D eigenvalue weighted by molar-refractivity contribution is 0.464. The zero-order chi connectivity index (χ0) is 17.5. The third-order valence-corrected chi connectivity index (χ3v) is 6.61. The predicted molar refractivity (Wildman–Crippen MR) is 104 cm³/mol. The molecule has 0 spiro atoms. The standard InChI is InChI=1S/C19H24N6S/c1-13-10-15-18(20-12-21-19(15)26-13)24-8-5-6-14(11-24)17-23-22-16-7-3-2-4-9-25(16)17/h10,12,14H,2-9,11H2,1H3. The molecule has 2 aliphatic heterocycles. The number of fused-ring (bicyclic) bond motifs is 2. The molecule has 3 aromatic rings. The normalized spacial score (nSPS) is 21.0. The molecule has 1 atom stereocenters. The van der Waals surface area contributed by atoms with Crippen LogP contribution in [0.5, 0.6) is 0 Å². The first-order chi connectivity index (χ1) is 12.8. The zero-order valence-electron chi connectivity index (χ0n) is 15.2. The Morgan fingerprint density at radius 3 is 3.00 bits per heavy atom. The first-order valence-electron chi connectivity index (χ1n) is 9.67. The molecule has 2 aliphatic rings. The maximum atomic E-state index is 4.64. The minimum atomic E-state index is 0.438. The Morgan fingerprint density at radius 2 is 2.04 bits per heavy atom. The summed E-state index contributed by atoms with van der Waals surface area (Å²) in [5, 5.41) is 10.3. The lowest BCUT2D eigenvalue weighted by Crippen LogP contribution is -2.36. The van der Waals surface area contributed by atoms with E-state index in [1.54, 1.807) is 17.7 Å². The topological polar surface area (TPSA) is 59.7 Å². The Morgan fingerprint density at radius 1 is 1.08 bits per heavy atom. The van der Waals surface area contributed by atoms with Gasteiger partial charge in [-0.05, 0) is 38.7 Å². The highest BCUT2D eigenvalue weighted by Gasteiger charge is 2.28. The Bertz CT molecular complexity index is 929. The molecule has 3 aromatic heterocycles. The maximum Gasteiger partial charge on any atom is 0.140 e. The van der Waals surface area contributed by atoms with Crippen LogP contribution in [0.2, 0.25) is 0 Å². The van der Waals surface area contributed by atoms with Crippen LogP contribution in [0.25, 0.3) is 10.2 Å². The van der Waals surface area contributed by atoms with Crippen molar-refractivity contribution in [1.82, 2.24) is 24.7 Å². The average molecular weight is 369 g/mol. The van der Waals surface area contributed by atoms with Crippen molar-refractivity contribution in [3.05, 3.63) is 28.9 Å². The number of aromatic nitrogens is 5. The number of hydrogen-bond acceptors (Lipinski definition) is 6. The minimum Gasteiger partial charge on any atom is -0.355 e. The van der Waals surface area contributed by atoms with Gasteiger partial charge in [-0.25, -0.2) is 9.97 Å². The minimum absolute atomic E-state index is 0.438. The van der Waals surface area contributed by atoms with Gasteiger partial charge in [-0.15, -0.1) is 21.5 Å². The Kier molecular flexibility index (Phi) is 4.11. The molecular formula is C19H24N6S. The molecule has 0 aromatic carbocycles. The van der Waals surface area contributed by atoms with Gasteiger partial charge in [0.25, 0.3) is 0 Å². The van der Waals surface area contributed by atoms with Gasteiger partial charge in [0.15, 0.2) is 0 Å². The molecule has 0 aliphatic carbocycles. The van der Waals surface area contributed by atoms with Crippen LogP contribution < -0.4 is 4.90 Å². The molecule has 5 heterocycles. The lowest BCUT2D eigenvalue weighted by Gasteiger charge is -2.33. The van der Waals surface area contributed by atoms with E-state index in [0.717, 1.165) is 36.7 Å². The second-order valence-corrected chi connectivity index (χ2v) is 8.73. The molecule has 1 unspecified atom stereocenters. The van der Waals surface area contributed by atoms with Crippen LogP contribution >= 0.6 is 11.3 Å². The summed E-state index contributed by atoms with van der Waals surface area (Å²) in [6.07, 6.45) is 8.92. The van der Waals surface area contributed by atoms with Crippen molar-refractivity contribution in [2.45, 2.75) is 57.9 Å². The Hall–Kier alpha value is -2.02. The first-order valence-corrected chi connectivity index (χ1v) is 10.5. The molecule has 1 saturated heterocycles. The largest absolute Gasteiger partial charge is 0.355 e. The maximum absolute atomic E-state index is 4.64. The van der Waals surface area contributed by atoms with Crippen molar-refractivity contribution in [3.8, 4) is 0 Å². The molecule has 0 N–H and O–H groups in total.